The Morgan fingerprint density at radius 1 is 1.17 bits per heavy atom. The van der Waals surface area contributed by atoms with Crippen LogP contribution in [0.4, 0.5) is 0 Å². The number of sulfonamides is 1. The van der Waals surface area contributed by atoms with Crippen LogP contribution < -0.4 is 5.56 Å². The number of pyridine rings is 1. The van der Waals surface area contributed by atoms with Gasteiger partial charge in [-0.15, -0.1) is 0 Å². The van der Waals surface area contributed by atoms with Gasteiger partial charge in [-0.3, -0.25) is 14.1 Å². The van der Waals surface area contributed by atoms with E-state index >= 15 is 0 Å². The van der Waals surface area contributed by atoms with Crippen molar-refractivity contribution >= 4 is 27.3 Å². The third kappa shape index (κ3) is 4.00. The van der Waals surface area contributed by atoms with Crippen LogP contribution in [-0.2, 0) is 16.6 Å². The second kappa shape index (κ2) is 8.10. The summed E-state index contributed by atoms with van der Waals surface area (Å²) in [5.74, 6) is 0.301. The highest BCUT2D eigenvalue weighted by molar-refractivity contribution is 7.89. The van der Waals surface area contributed by atoms with Crippen LogP contribution in [0.2, 0.25) is 5.02 Å². The first kappa shape index (κ1) is 21.0. The molecule has 0 bridgehead atoms. The molecule has 0 amide bonds. The van der Waals surface area contributed by atoms with Crippen molar-refractivity contribution in [2.75, 3.05) is 26.2 Å². The van der Waals surface area contributed by atoms with E-state index in [9.17, 15) is 13.2 Å². The van der Waals surface area contributed by atoms with Crippen LogP contribution in [-0.4, -0.2) is 58.3 Å². The maximum Gasteiger partial charge on any atom is 0.258 e. The standard InChI is InChI=1S/C19H22ClN5O4S/c1-13-19(14(2)29-22-13)30(27,28)24-7-3-6-23(8-9-24)12-16-10-18(26)25-11-15(20)4-5-17(25)21-16/h4-5,10-11H,3,6-9,12H2,1-2H3. The first-order valence-electron chi connectivity index (χ1n) is 9.59. The molecule has 1 fully saturated rings. The fourth-order valence-corrected chi connectivity index (χ4v) is 5.68. The summed E-state index contributed by atoms with van der Waals surface area (Å²) in [5.41, 5.74) is 1.34. The Morgan fingerprint density at radius 2 is 1.97 bits per heavy atom. The van der Waals surface area contributed by atoms with Gasteiger partial charge < -0.3 is 4.52 Å². The smallest absolute Gasteiger partial charge is 0.258 e. The average Bonchev–Trinajstić information content (AvgIpc) is 2.88. The maximum absolute atomic E-state index is 13.1. The van der Waals surface area contributed by atoms with Crippen molar-refractivity contribution in [3.8, 4) is 0 Å². The lowest BCUT2D eigenvalue weighted by atomic mass is 10.3. The quantitative estimate of drug-likeness (QED) is 0.596. The summed E-state index contributed by atoms with van der Waals surface area (Å²) in [4.78, 5) is 19.2. The Morgan fingerprint density at radius 3 is 2.70 bits per heavy atom. The molecule has 30 heavy (non-hydrogen) atoms. The van der Waals surface area contributed by atoms with Gasteiger partial charge in [0.05, 0.1) is 10.7 Å². The Balaban J connectivity index is 1.51. The molecule has 9 nitrogen and oxygen atoms in total. The lowest BCUT2D eigenvalue weighted by Gasteiger charge is -2.21. The summed E-state index contributed by atoms with van der Waals surface area (Å²) in [6.45, 7) is 5.69. The van der Waals surface area contributed by atoms with Gasteiger partial charge in [-0.1, -0.05) is 16.8 Å². The molecule has 1 aliphatic heterocycles. The first-order valence-corrected chi connectivity index (χ1v) is 11.4. The van der Waals surface area contributed by atoms with Crippen LogP contribution in [0.15, 0.2) is 38.6 Å². The van der Waals surface area contributed by atoms with Crippen LogP contribution in [0.5, 0.6) is 0 Å². The van der Waals surface area contributed by atoms with Gasteiger partial charge in [-0.25, -0.2) is 13.4 Å². The van der Waals surface area contributed by atoms with E-state index in [2.05, 4.69) is 15.0 Å². The normalized spacial score (nSPS) is 16.8. The molecule has 160 valence electrons. The van der Waals surface area contributed by atoms with Crippen molar-refractivity contribution in [1.29, 1.82) is 0 Å². The number of nitrogens with zero attached hydrogens (tertiary/aromatic N) is 5. The molecular weight excluding hydrogens is 430 g/mol. The minimum atomic E-state index is -3.67. The molecule has 0 aromatic carbocycles. The highest BCUT2D eigenvalue weighted by Gasteiger charge is 2.32. The van der Waals surface area contributed by atoms with Crippen molar-refractivity contribution < 1.29 is 12.9 Å². The van der Waals surface area contributed by atoms with Crippen molar-refractivity contribution in [2.24, 2.45) is 0 Å². The number of aryl methyl sites for hydroxylation is 2. The molecule has 0 saturated carbocycles. The number of hydrogen-bond donors (Lipinski definition) is 0. The Kier molecular flexibility index (Phi) is 5.67. The minimum absolute atomic E-state index is 0.152. The molecule has 0 N–H and O–H groups in total. The number of hydrogen-bond acceptors (Lipinski definition) is 7. The summed E-state index contributed by atoms with van der Waals surface area (Å²) in [5, 5.41) is 4.23. The van der Waals surface area contributed by atoms with E-state index in [1.54, 1.807) is 32.2 Å². The van der Waals surface area contributed by atoms with Gasteiger partial charge in [0.1, 0.15) is 16.2 Å². The second-order valence-corrected chi connectivity index (χ2v) is 9.66. The zero-order valence-corrected chi connectivity index (χ0v) is 18.3. The zero-order valence-electron chi connectivity index (χ0n) is 16.7. The molecular formula is C19H22ClN5O4S. The van der Waals surface area contributed by atoms with E-state index in [0.29, 0.717) is 67.0 Å². The van der Waals surface area contributed by atoms with Gasteiger partial charge in [0.15, 0.2) is 5.76 Å². The van der Waals surface area contributed by atoms with Crippen molar-refractivity contribution in [2.45, 2.75) is 31.7 Å². The summed E-state index contributed by atoms with van der Waals surface area (Å²) < 4.78 is 34.1. The molecule has 3 aromatic heterocycles. The first-order chi connectivity index (χ1) is 14.3. The molecule has 1 aliphatic rings. The Bertz CT molecular complexity index is 1230. The van der Waals surface area contributed by atoms with Gasteiger partial charge in [0, 0.05) is 38.4 Å². The third-order valence-corrected chi connectivity index (χ3v) is 7.54. The predicted octanol–water partition coefficient (Wildman–Crippen LogP) is 1.85. The van der Waals surface area contributed by atoms with Crippen molar-refractivity contribution in [3.63, 3.8) is 0 Å². The largest absolute Gasteiger partial charge is 0.360 e. The van der Waals surface area contributed by atoms with E-state index in [-0.39, 0.29) is 10.5 Å². The van der Waals surface area contributed by atoms with E-state index in [1.807, 2.05) is 0 Å². The SMILES string of the molecule is Cc1noc(C)c1S(=O)(=O)N1CCCN(Cc2cc(=O)n3cc(Cl)ccc3n2)CC1. The van der Waals surface area contributed by atoms with E-state index in [0.717, 1.165) is 0 Å². The summed E-state index contributed by atoms with van der Waals surface area (Å²) in [6.07, 6.45) is 2.21. The van der Waals surface area contributed by atoms with Crippen LogP contribution in [0, 0.1) is 13.8 Å². The molecule has 0 spiro atoms. The number of rotatable bonds is 4. The third-order valence-electron chi connectivity index (χ3n) is 5.18. The molecule has 0 aliphatic carbocycles. The Labute approximate surface area is 178 Å². The number of halogens is 1. The molecule has 4 rings (SSSR count). The van der Waals surface area contributed by atoms with Crippen molar-refractivity contribution in [1.82, 2.24) is 23.7 Å². The zero-order chi connectivity index (χ0) is 21.5. The molecule has 3 aromatic rings. The van der Waals surface area contributed by atoms with Crippen LogP contribution >= 0.6 is 11.6 Å². The van der Waals surface area contributed by atoms with Gasteiger partial charge in [-0.05, 0) is 38.9 Å². The minimum Gasteiger partial charge on any atom is -0.360 e. The van der Waals surface area contributed by atoms with Crippen LogP contribution in [0.1, 0.15) is 23.6 Å². The molecule has 0 atom stereocenters. The van der Waals surface area contributed by atoms with E-state index < -0.39 is 10.0 Å². The highest BCUT2D eigenvalue weighted by atomic mass is 35.5. The fraction of sp³-hybridized carbons (Fsp3) is 0.421. The lowest BCUT2D eigenvalue weighted by molar-refractivity contribution is 0.275. The topological polar surface area (TPSA) is 101 Å². The lowest BCUT2D eigenvalue weighted by Crippen LogP contribution is -2.35. The molecule has 4 heterocycles. The monoisotopic (exact) mass is 451 g/mol. The van der Waals surface area contributed by atoms with Crippen molar-refractivity contribution in [3.05, 3.63) is 56.9 Å². The fourth-order valence-electron chi connectivity index (χ4n) is 3.75. The second-order valence-electron chi connectivity index (χ2n) is 7.35. The maximum atomic E-state index is 13.1. The molecule has 0 unspecified atom stereocenters. The highest BCUT2D eigenvalue weighted by Crippen LogP contribution is 2.24. The predicted molar refractivity (Wildman–Crippen MR) is 111 cm³/mol. The van der Waals surface area contributed by atoms with Gasteiger partial charge in [-0.2, -0.15) is 4.31 Å². The number of aromatic nitrogens is 3. The van der Waals surface area contributed by atoms with E-state index in [4.69, 9.17) is 16.1 Å². The number of fused-ring (bicyclic) bond motifs is 1. The van der Waals surface area contributed by atoms with Crippen LogP contribution in [0.3, 0.4) is 0 Å². The van der Waals surface area contributed by atoms with Gasteiger partial charge in [0.2, 0.25) is 10.0 Å². The van der Waals surface area contributed by atoms with Gasteiger partial charge in [0.25, 0.3) is 5.56 Å². The summed E-state index contributed by atoms with van der Waals surface area (Å²) in [6, 6.07) is 4.89. The average molecular weight is 452 g/mol. The Hall–Kier alpha value is -2.27. The van der Waals surface area contributed by atoms with E-state index in [1.165, 1.54) is 14.8 Å². The molecule has 1 saturated heterocycles. The molecule has 11 heteroatoms. The summed E-state index contributed by atoms with van der Waals surface area (Å²) in [7, 11) is -3.67. The summed E-state index contributed by atoms with van der Waals surface area (Å²) >= 11 is 5.95. The molecule has 0 radical (unpaired) electrons. The van der Waals surface area contributed by atoms with Crippen LogP contribution in [0.25, 0.3) is 5.65 Å². The van der Waals surface area contributed by atoms with Gasteiger partial charge >= 0.3 is 0 Å².